The predicted octanol–water partition coefficient (Wildman–Crippen LogP) is 1.73. The van der Waals surface area contributed by atoms with E-state index in [0.717, 1.165) is 16.5 Å². The fraction of sp³-hybridized carbons (Fsp3) is 0.182. The highest BCUT2D eigenvalue weighted by Gasteiger charge is 2.22. The Bertz CT molecular complexity index is 1150. The summed E-state index contributed by atoms with van der Waals surface area (Å²) in [4.78, 5) is 42.0. The Kier molecular flexibility index (Phi) is 6.04. The van der Waals surface area contributed by atoms with Crippen molar-refractivity contribution in [1.82, 2.24) is 15.3 Å². The molecule has 1 fully saturated rings. The number of aromatic amines is 1. The Labute approximate surface area is 178 Å². The molecular weight excluding hydrogens is 398 g/mol. The lowest BCUT2D eigenvalue weighted by atomic mass is 10.1. The third-order valence-electron chi connectivity index (χ3n) is 4.90. The molecule has 2 aromatic carbocycles. The number of nitrogens with one attached hydrogen (secondary N) is 3. The van der Waals surface area contributed by atoms with Crippen molar-refractivity contribution in [2.24, 2.45) is 5.10 Å². The number of para-hydroxylation sites is 2. The molecule has 3 aromatic rings. The van der Waals surface area contributed by atoms with Crippen molar-refractivity contribution in [3.05, 3.63) is 65.9 Å². The third-order valence-corrected chi connectivity index (χ3v) is 4.90. The summed E-state index contributed by atoms with van der Waals surface area (Å²) in [6, 6.07) is 14.2. The number of hydrazone groups is 1. The van der Waals surface area contributed by atoms with Crippen molar-refractivity contribution in [3.8, 4) is 0 Å². The minimum absolute atomic E-state index is 0.225. The van der Waals surface area contributed by atoms with Gasteiger partial charge in [-0.1, -0.05) is 30.3 Å². The minimum Gasteiger partial charge on any atom is -0.378 e. The van der Waals surface area contributed by atoms with E-state index in [2.05, 4.69) is 20.8 Å². The zero-order valence-electron chi connectivity index (χ0n) is 16.6. The summed E-state index contributed by atoms with van der Waals surface area (Å²) < 4.78 is 5.27. The first-order valence-corrected chi connectivity index (χ1v) is 9.80. The molecule has 3 N–H and O–H groups in total. The molecule has 0 saturated carbocycles. The van der Waals surface area contributed by atoms with Gasteiger partial charge in [0, 0.05) is 35.8 Å². The van der Waals surface area contributed by atoms with Gasteiger partial charge < -0.3 is 19.9 Å². The molecule has 0 unspecified atom stereocenters. The van der Waals surface area contributed by atoms with Crippen LogP contribution in [0.1, 0.15) is 15.9 Å². The van der Waals surface area contributed by atoms with Crippen molar-refractivity contribution in [2.75, 3.05) is 31.6 Å². The fourth-order valence-corrected chi connectivity index (χ4v) is 3.31. The number of hydrogen-bond donors (Lipinski definition) is 3. The summed E-state index contributed by atoms with van der Waals surface area (Å²) in [7, 11) is 0. The minimum atomic E-state index is -0.940. The van der Waals surface area contributed by atoms with Crippen LogP contribution in [0.25, 0.3) is 10.9 Å². The van der Waals surface area contributed by atoms with Gasteiger partial charge in [0.05, 0.1) is 30.7 Å². The first-order chi connectivity index (χ1) is 15.1. The summed E-state index contributed by atoms with van der Waals surface area (Å²) >= 11 is 0. The van der Waals surface area contributed by atoms with E-state index in [1.807, 2.05) is 24.3 Å². The van der Waals surface area contributed by atoms with Gasteiger partial charge in [0.2, 0.25) is 0 Å². The summed E-state index contributed by atoms with van der Waals surface area (Å²) in [5, 5.41) is 7.30. The second-order valence-corrected chi connectivity index (χ2v) is 6.89. The summed E-state index contributed by atoms with van der Waals surface area (Å²) in [6.45, 7) is 1.89. The van der Waals surface area contributed by atoms with E-state index in [1.54, 1.807) is 35.4 Å². The number of anilines is 1. The second-order valence-electron chi connectivity index (χ2n) is 6.89. The Hall–Kier alpha value is -3.98. The van der Waals surface area contributed by atoms with Gasteiger partial charge in [-0.15, -0.1) is 0 Å². The number of morpholine rings is 1. The molecule has 1 aliphatic rings. The number of H-pyrrole nitrogens is 1. The van der Waals surface area contributed by atoms with Crippen LogP contribution in [0.3, 0.4) is 0 Å². The number of benzene rings is 2. The highest BCUT2D eigenvalue weighted by Crippen LogP contribution is 2.18. The van der Waals surface area contributed by atoms with Crippen LogP contribution in [0.2, 0.25) is 0 Å². The molecule has 0 aliphatic carbocycles. The highest BCUT2D eigenvalue weighted by molar-refractivity contribution is 6.40. The van der Waals surface area contributed by atoms with E-state index in [0.29, 0.717) is 31.9 Å². The van der Waals surface area contributed by atoms with E-state index in [4.69, 9.17) is 4.74 Å². The fourth-order valence-electron chi connectivity index (χ4n) is 3.31. The van der Waals surface area contributed by atoms with Crippen molar-refractivity contribution < 1.29 is 19.1 Å². The van der Waals surface area contributed by atoms with Crippen LogP contribution in [0.4, 0.5) is 5.69 Å². The molecule has 0 bridgehead atoms. The maximum absolute atomic E-state index is 12.8. The van der Waals surface area contributed by atoms with Gasteiger partial charge in [-0.2, -0.15) is 5.10 Å². The van der Waals surface area contributed by atoms with Crippen LogP contribution in [-0.4, -0.2) is 60.1 Å². The zero-order valence-corrected chi connectivity index (χ0v) is 16.6. The lowest BCUT2D eigenvalue weighted by Crippen LogP contribution is -2.41. The number of aromatic nitrogens is 1. The smallest absolute Gasteiger partial charge is 0.329 e. The Balaban J connectivity index is 1.40. The van der Waals surface area contributed by atoms with Gasteiger partial charge in [0.1, 0.15) is 0 Å². The third kappa shape index (κ3) is 4.62. The van der Waals surface area contributed by atoms with Crippen LogP contribution in [-0.2, 0) is 14.3 Å². The number of ether oxygens (including phenoxy) is 1. The van der Waals surface area contributed by atoms with Gasteiger partial charge in [0.15, 0.2) is 0 Å². The molecule has 9 nitrogen and oxygen atoms in total. The van der Waals surface area contributed by atoms with Gasteiger partial charge in [0.25, 0.3) is 5.91 Å². The largest absolute Gasteiger partial charge is 0.378 e. The van der Waals surface area contributed by atoms with Crippen molar-refractivity contribution in [3.63, 3.8) is 0 Å². The molecule has 0 radical (unpaired) electrons. The maximum atomic E-state index is 12.8. The number of hydrogen-bond acceptors (Lipinski definition) is 5. The van der Waals surface area contributed by atoms with Gasteiger partial charge in [-0.3, -0.25) is 14.4 Å². The number of carbonyl (C=O) groups excluding carboxylic acids is 3. The number of carbonyl (C=O) groups is 3. The standard InChI is InChI=1S/C22H21N5O4/c28-20(21(29)26-24-14-15-13-23-18-7-3-1-5-16(15)18)25-19-8-4-2-6-17(19)22(30)27-9-11-31-12-10-27/h1-8,13-14,23H,9-12H2,(H,25,28)(H,26,29). The topological polar surface area (TPSA) is 116 Å². The molecule has 3 amide bonds. The van der Waals surface area contributed by atoms with Gasteiger partial charge in [-0.05, 0) is 18.2 Å². The lowest BCUT2D eigenvalue weighted by molar-refractivity contribution is -0.136. The molecule has 1 saturated heterocycles. The average Bonchev–Trinajstić information content (AvgIpc) is 3.22. The quantitative estimate of drug-likeness (QED) is 0.339. The SMILES string of the molecule is O=C(NN=Cc1c[nH]c2ccccc12)C(=O)Nc1ccccc1C(=O)N1CCOCC1. The maximum Gasteiger partial charge on any atom is 0.329 e. The molecular formula is C22H21N5O4. The van der Waals surface area contributed by atoms with Crippen LogP contribution in [0.15, 0.2) is 59.8 Å². The number of nitrogens with zero attached hydrogens (tertiary/aromatic N) is 2. The van der Waals surface area contributed by atoms with Crippen molar-refractivity contribution in [1.29, 1.82) is 0 Å². The summed E-state index contributed by atoms with van der Waals surface area (Å²) in [5.41, 5.74) is 4.50. The van der Waals surface area contributed by atoms with Crippen LogP contribution >= 0.6 is 0 Å². The van der Waals surface area contributed by atoms with Crippen molar-refractivity contribution in [2.45, 2.75) is 0 Å². The first kappa shape index (κ1) is 20.3. The molecule has 9 heteroatoms. The van der Waals surface area contributed by atoms with Crippen molar-refractivity contribution >= 4 is 40.5 Å². The van der Waals surface area contributed by atoms with E-state index in [9.17, 15) is 14.4 Å². The molecule has 1 aliphatic heterocycles. The molecule has 2 heterocycles. The molecule has 31 heavy (non-hydrogen) atoms. The van der Waals surface area contributed by atoms with Crippen LogP contribution < -0.4 is 10.7 Å². The Morgan fingerprint density at radius 3 is 2.58 bits per heavy atom. The van der Waals surface area contributed by atoms with Gasteiger partial charge >= 0.3 is 11.8 Å². The average molecular weight is 419 g/mol. The summed E-state index contributed by atoms with van der Waals surface area (Å²) in [5.74, 6) is -2.08. The second kappa shape index (κ2) is 9.23. The molecule has 1 aromatic heterocycles. The van der Waals surface area contributed by atoms with E-state index < -0.39 is 11.8 Å². The molecule has 4 rings (SSSR count). The van der Waals surface area contributed by atoms with E-state index in [1.165, 1.54) is 6.21 Å². The molecule has 0 spiro atoms. The Morgan fingerprint density at radius 1 is 1.00 bits per heavy atom. The number of amides is 3. The highest BCUT2D eigenvalue weighted by atomic mass is 16.5. The van der Waals surface area contributed by atoms with Crippen LogP contribution in [0, 0.1) is 0 Å². The van der Waals surface area contributed by atoms with E-state index >= 15 is 0 Å². The summed E-state index contributed by atoms with van der Waals surface area (Å²) in [6.07, 6.45) is 3.22. The van der Waals surface area contributed by atoms with E-state index in [-0.39, 0.29) is 11.6 Å². The first-order valence-electron chi connectivity index (χ1n) is 9.80. The molecule has 158 valence electrons. The molecule has 0 atom stereocenters. The van der Waals surface area contributed by atoms with Gasteiger partial charge in [-0.25, -0.2) is 5.43 Å². The lowest BCUT2D eigenvalue weighted by Gasteiger charge is -2.27. The predicted molar refractivity (Wildman–Crippen MR) is 116 cm³/mol. The number of fused-ring (bicyclic) bond motifs is 1. The Morgan fingerprint density at radius 2 is 1.74 bits per heavy atom. The number of rotatable bonds is 4. The van der Waals surface area contributed by atoms with Crippen LogP contribution in [0.5, 0.6) is 0 Å². The zero-order chi connectivity index (χ0) is 21.6. The normalized spacial score (nSPS) is 14.0. The monoisotopic (exact) mass is 419 g/mol.